The van der Waals surface area contributed by atoms with Crippen LogP contribution in [0.2, 0.25) is 0 Å². The highest BCUT2D eigenvalue weighted by molar-refractivity contribution is 5.32. The zero-order valence-electron chi connectivity index (χ0n) is 9.38. The topological polar surface area (TPSA) is 0 Å². The summed E-state index contributed by atoms with van der Waals surface area (Å²) < 4.78 is 37.5. The van der Waals surface area contributed by atoms with Crippen LogP contribution < -0.4 is 0 Å². The van der Waals surface area contributed by atoms with E-state index in [4.69, 9.17) is 0 Å². The van der Waals surface area contributed by atoms with Gasteiger partial charge in [0.05, 0.1) is 5.56 Å². The summed E-state index contributed by atoms with van der Waals surface area (Å²) in [5.74, 6) is 1.45. The zero-order chi connectivity index (χ0) is 11.9. The first-order valence-corrected chi connectivity index (χ1v) is 5.56. The van der Waals surface area contributed by atoms with Crippen LogP contribution in [0.3, 0.4) is 0 Å². The molecule has 0 bridgehead atoms. The fraction of sp³-hybridized carbons (Fsp3) is 0.538. The Bertz CT molecular complexity index is 379. The standard InChI is InChI=1S/C13H15F3/c1-8(2)11-7-12(11)9-4-3-5-10(6-9)13(14,15)16/h3-6,8,11-12H,7H2,1-2H3/t11-,12-/m1/s1. The molecule has 0 N–H and O–H groups in total. The molecule has 1 aliphatic rings. The van der Waals surface area contributed by atoms with Crippen LogP contribution in [-0.4, -0.2) is 0 Å². The van der Waals surface area contributed by atoms with Gasteiger partial charge < -0.3 is 0 Å². The van der Waals surface area contributed by atoms with Crippen LogP contribution in [-0.2, 0) is 6.18 Å². The molecule has 1 aromatic carbocycles. The lowest BCUT2D eigenvalue weighted by Gasteiger charge is -2.09. The van der Waals surface area contributed by atoms with Crippen molar-refractivity contribution < 1.29 is 13.2 Å². The maximum atomic E-state index is 12.5. The Hall–Kier alpha value is -0.990. The molecule has 1 saturated carbocycles. The Labute approximate surface area is 93.5 Å². The summed E-state index contributed by atoms with van der Waals surface area (Å²) in [6.07, 6.45) is -3.20. The molecule has 0 radical (unpaired) electrons. The molecule has 0 saturated heterocycles. The first kappa shape index (κ1) is 11.5. The Balaban J connectivity index is 2.19. The summed E-state index contributed by atoms with van der Waals surface area (Å²) in [6.45, 7) is 4.25. The smallest absolute Gasteiger partial charge is 0.166 e. The quantitative estimate of drug-likeness (QED) is 0.700. The maximum Gasteiger partial charge on any atom is 0.416 e. The van der Waals surface area contributed by atoms with E-state index in [1.165, 1.54) is 12.1 Å². The summed E-state index contributed by atoms with van der Waals surface area (Å²) in [7, 11) is 0. The molecule has 0 aliphatic heterocycles. The second kappa shape index (κ2) is 3.79. The SMILES string of the molecule is CC(C)[C@H]1C[C@@H]1c1cccc(C(F)(F)F)c1. The van der Waals surface area contributed by atoms with Crippen LogP contribution in [0, 0.1) is 11.8 Å². The van der Waals surface area contributed by atoms with Crippen molar-refractivity contribution in [1.29, 1.82) is 0 Å². The van der Waals surface area contributed by atoms with Gasteiger partial charge in [0, 0.05) is 0 Å². The number of hydrogen-bond donors (Lipinski definition) is 0. The second-order valence-electron chi connectivity index (χ2n) is 4.87. The molecule has 16 heavy (non-hydrogen) atoms. The van der Waals surface area contributed by atoms with Crippen molar-refractivity contribution in [2.75, 3.05) is 0 Å². The molecular formula is C13H15F3. The van der Waals surface area contributed by atoms with Gasteiger partial charge in [0.15, 0.2) is 0 Å². The predicted molar refractivity (Wildman–Crippen MR) is 57.1 cm³/mol. The fourth-order valence-corrected chi connectivity index (χ4v) is 2.28. The highest BCUT2D eigenvalue weighted by atomic mass is 19.4. The van der Waals surface area contributed by atoms with Crippen molar-refractivity contribution in [3.05, 3.63) is 35.4 Å². The number of halogens is 3. The lowest BCUT2D eigenvalue weighted by atomic mass is 10.0. The van der Waals surface area contributed by atoms with Gasteiger partial charge in [-0.2, -0.15) is 13.2 Å². The van der Waals surface area contributed by atoms with Crippen molar-refractivity contribution in [2.45, 2.75) is 32.4 Å². The van der Waals surface area contributed by atoms with Gasteiger partial charge in [-0.3, -0.25) is 0 Å². The van der Waals surface area contributed by atoms with E-state index < -0.39 is 11.7 Å². The second-order valence-corrected chi connectivity index (χ2v) is 4.87. The summed E-state index contributed by atoms with van der Waals surface area (Å²) in [4.78, 5) is 0. The molecule has 2 rings (SSSR count). The van der Waals surface area contributed by atoms with E-state index in [9.17, 15) is 13.2 Å². The molecule has 1 aliphatic carbocycles. The van der Waals surface area contributed by atoms with Gasteiger partial charge in [0.1, 0.15) is 0 Å². The molecule has 2 atom stereocenters. The summed E-state index contributed by atoms with van der Waals surface area (Å²) in [5.41, 5.74) is 0.313. The van der Waals surface area contributed by atoms with Crippen molar-refractivity contribution in [3.63, 3.8) is 0 Å². The molecule has 1 aromatic rings. The molecule has 0 spiro atoms. The minimum Gasteiger partial charge on any atom is -0.166 e. The molecule has 88 valence electrons. The molecule has 3 heteroatoms. The summed E-state index contributed by atoms with van der Waals surface area (Å²) in [6, 6.07) is 5.75. The van der Waals surface area contributed by atoms with Crippen LogP contribution in [0.5, 0.6) is 0 Å². The van der Waals surface area contributed by atoms with Crippen LogP contribution in [0.15, 0.2) is 24.3 Å². The van der Waals surface area contributed by atoms with Crippen LogP contribution in [0.1, 0.15) is 37.3 Å². The van der Waals surface area contributed by atoms with E-state index in [0.29, 0.717) is 17.8 Å². The molecule has 1 fully saturated rings. The van der Waals surface area contributed by atoms with Crippen molar-refractivity contribution in [3.8, 4) is 0 Å². The number of benzene rings is 1. The average molecular weight is 228 g/mol. The van der Waals surface area contributed by atoms with Crippen LogP contribution in [0.25, 0.3) is 0 Å². The van der Waals surface area contributed by atoms with Gasteiger partial charge in [0.2, 0.25) is 0 Å². The normalized spacial score (nSPS) is 24.9. The Kier molecular flexibility index (Phi) is 2.72. The van der Waals surface area contributed by atoms with Gasteiger partial charge >= 0.3 is 6.18 Å². The third kappa shape index (κ3) is 2.23. The summed E-state index contributed by atoms with van der Waals surface area (Å²) >= 11 is 0. The van der Waals surface area contributed by atoms with E-state index in [1.54, 1.807) is 0 Å². The van der Waals surface area contributed by atoms with Gasteiger partial charge in [-0.25, -0.2) is 0 Å². The highest BCUT2D eigenvalue weighted by Gasteiger charge is 2.41. The number of hydrogen-bond acceptors (Lipinski definition) is 0. The van der Waals surface area contributed by atoms with Gasteiger partial charge in [0.25, 0.3) is 0 Å². The monoisotopic (exact) mass is 228 g/mol. The molecule has 0 aromatic heterocycles. The van der Waals surface area contributed by atoms with Crippen molar-refractivity contribution in [1.82, 2.24) is 0 Å². The maximum absolute atomic E-state index is 12.5. The fourth-order valence-electron chi connectivity index (χ4n) is 2.28. The third-order valence-electron chi connectivity index (χ3n) is 3.34. The number of rotatable bonds is 2. The molecule has 0 unspecified atom stereocenters. The van der Waals surface area contributed by atoms with Gasteiger partial charge in [-0.05, 0) is 35.8 Å². The van der Waals surface area contributed by atoms with Crippen LogP contribution >= 0.6 is 0 Å². The van der Waals surface area contributed by atoms with E-state index in [2.05, 4.69) is 13.8 Å². The first-order valence-electron chi connectivity index (χ1n) is 5.56. The van der Waals surface area contributed by atoms with E-state index >= 15 is 0 Å². The highest BCUT2D eigenvalue weighted by Crippen LogP contribution is 2.52. The molecule has 0 nitrogen and oxygen atoms in total. The van der Waals surface area contributed by atoms with E-state index in [0.717, 1.165) is 18.1 Å². The van der Waals surface area contributed by atoms with Crippen molar-refractivity contribution >= 4 is 0 Å². The van der Waals surface area contributed by atoms with Crippen LogP contribution in [0.4, 0.5) is 13.2 Å². The minimum absolute atomic E-state index is 0.335. The average Bonchev–Trinajstić information content (AvgIpc) is 2.96. The lowest BCUT2D eigenvalue weighted by molar-refractivity contribution is -0.137. The predicted octanol–water partition coefficient (Wildman–Crippen LogP) is 4.46. The van der Waals surface area contributed by atoms with Crippen molar-refractivity contribution in [2.24, 2.45) is 11.8 Å². The lowest BCUT2D eigenvalue weighted by Crippen LogP contribution is -2.05. The summed E-state index contributed by atoms with van der Waals surface area (Å²) in [5, 5.41) is 0. The zero-order valence-corrected chi connectivity index (χ0v) is 9.38. The largest absolute Gasteiger partial charge is 0.416 e. The van der Waals surface area contributed by atoms with Gasteiger partial charge in [-0.15, -0.1) is 0 Å². The molecule has 0 heterocycles. The Morgan fingerprint density at radius 2 is 1.94 bits per heavy atom. The molecular weight excluding hydrogens is 213 g/mol. The van der Waals surface area contributed by atoms with E-state index in [-0.39, 0.29) is 0 Å². The first-order chi connectivity index (χ1) is 7.39. The molecule has 0 amide bonds. The van der Waals surface area contributed by atoms with Gasteiger partial charge in [-0.1, -0.05) is 32.0 Å². The Morgan fingerprint density at radius 3 is 2.44 bits per heavy atom. The Morgan fingerprint density at radius 1 is 1.25 bits per heavy atom. The third-order valence-corrected chi connectivity index (χ3v) is 3.34. The number of alkyl halides is 3. The minimum atomic E-state index is -4.22. The van der Waals surface area contributed by atoms with E-state index in [1.807, 2.05) is 6.07 Å².